The minimum Gasteiger partial charge on any atom is -0.478 e. The summed E-state index contributed by atoms with van der Waals surface area (Å²) in [6, 6.07) is 1.37. The van der Waals surface area contributed by atoms with Gasteiger partial charge >= 0.3 is 5.97 Å². The SMILES string of the molecule is Cn1cc(Sc2nccc(C(=O)O)c2Cl)cn1. The van der Waals surface area contributed by atoms with E-state index in [0.29, 0.717) is 5.03 Å². The molecule has 0 aliphatic carbocycles. The van der Waals surface area contributed by atoms with Gasteiger partial charge < -0.3 is 5.11 Å². The van der Waals surface area contributed by atoms with Crippen LogP contribution in [-0.2, 0) is 7.05 Å². The highest BCUT2D eigenvalue weighted by Gasteiger charge is 2.14. The van der Waals surface area contributed by atoms with E-state index in [1.54, 1.807) is 24.1 Å². The van der Waals surface area contributed by atoms with E-state index in [1.807, 2.05) is 0 Å². The predicted octanol–water partition coefficient (Wildman–Crippen LogP) is 2.32. The minimum atomic E-state index is -1.06. The van der Waals surface area contributed by atoms with Crippen LogP contribution >= 0.6 is 23.4 Å². The third kappa shape index (κ3) is 2.59. The van der Waals surface area contributed by atoms with Gasteiger partial charge in [0, 0.05) is 19.4 Å². The molecule has 2 heterocycles. The molecule has 0 aromatic carbocycles. The van der Waals surface area contributed by atoms with Crippen molar-refractivity contribution in [2.75, 3.05) is 0 Å². The average Bonchev–Trinajstić information content (AvgIpc) is 2.67. The monoisotopic (exact) mass is 269 g/mol. The maximum Gasteiger partial charge on any atom is 0.337 e. The maximum absolute atomic E-state index is 10.9. The fraction of sp³-hybridized carbons (Fsp3) is 0.100. The lowest BCUT2D eigenvalue weighted by atomic mass is 10.3. The Hall–Kier alpha value is -1.53. The van der Waals surface area contributed by atoms with Gasteiger partial charge in [-0.15, -0.1) is 0 Å². The molecule has 1 N–H and O–H groups in total. The van der Waals surface area contributed by atoms with Crippen molar-refractivity contribution in [3.8, 4) is 0 Å². The number of aromatic nitrogens is 3. The van der Waals surface area contributed by atoms with Gasteiger partial charge in [0.2, 0.25) is 0 Å². The van der Waals surface area contributed by atoms with Crippen LogP contribution in [0.5, 0.6) is 0 Å². The molecule has 0 saturated carbocycles. The Morgan fingerprint density at radius 2 is 2.35 bits per heavy atom. The van der Waals surface area contributed by atoms with E-state index in [1.165, 1.54) is 24.0 Å². The number of carboxylic acid groups (broad SMARTS) is 1. The first-order chi connectivity index (χ1) is 8.08. The van der Waals surface area contributed by atoms with Crippen LogP contribution in [0.4, 0.5) is 0 Å². The number of aromatic carboxylic acids is 1. The lowest BCUT2D eigenvalue weighted by Crippen LogP contribution is -1.99. The summed E-state index contributed by atoms with van der Waals surface area (Å²) < 4.78 is 1.65. The van der Waals surface area contributed by atoms with Crippen molar-refractivity contribution < 1.29 is 9.90 Å². The Morgan fingerprint density at radius 3 is 2.94 bits per heavy atom. The zero-order chi connectivity index (χ0) is 12.4. The van der Waals surface area contributed by atoms with Crippen molar-refractivity contribution in [1.82, 2.24) is 14.8 Å². The molecule has 88 valence electrons. The van der Waals surface area contributed by atoms with Crippen molar-refractivity contribution in [2.24, 2.45) is 7.05 Å². The number of halogens is 1. The lowest BCUT2D eigenvalue weighted by Gasteiger charge is -2.03. The van der Waals surface area contributed by atoms with E-state index < -0.39 is 5.97 Å². The van der Waals surface area contributed by atoms with Gasteiger partial charge in [-0.3, -0.25) is 4.68 Å². The highest BCUT2D eigenvalue weighted by Crippen LogP contribution is 2.32. The first-order valence-corrected chi connectivity index (χ1v) is 5.81. The first-order valence-electron chi connectivity index (χ1n) is 4.62. The summed E-state index contributed by atoms with van der Waals surface area (Å²) in [4.78, 5) is 15.8. The maximum atomic E-state index is 10.9. The second kappa shape index (κ2) is 4.77. The van der Waals surface area contributed by atoms with Gasteiger partial charge in [0.05, 0.1) is 21.7 Å². The average molecular weight is 270 g/mol. The molecule has 0 atom stereocenters. The zero-order valence-electron chi connectivity index (χ0n) is 8.79. The van der Waals surface area contributed by atoms with E-state index in [9.17, 15) is 4.79 Å². The molecular formula is C10H8ClN3O2S. The summed E-state index contributed by atoms with van der Waals surface area (Å²) in [5, 5.41) is 13.5. The molecule has 0 bridgehead atoms. The summed E-state index contributed by atoms with van der Waals surface area (Å²) in [5.41, 5.74) is 0.0491. The predicted molar refractivity (Wildman–Crippen MR) is 63.5 cm³/mol. The van der Waals surface area contributed by atoms with Crippen LogP contribution in [-0.4, -0.2) is 25.8 Å². The molecule has 2 aromatic heterocycles. The highest BCUT2D eigenvalue weighted by molar-refractivity contribution is 7.99. The zero-order valence-corrected chi connectivity index (χ0v) is 10.4. The van der Waals surface area contributed by atoms with E-state index in [2.05, 4.69) is 10.1 Å². The van der Waals surface area contributed by atoms with Crippen molar-refractivity contribution in [3.05, 3.63) is 35.2 Å². The van der Waals surface area contributed by atoms with Gasteiger partial charge in [-0.1, -0.05) is 23.4 Å². The quantitative estimate of drug-likeness (QED) is 0.926. The van der Waals surface area contributed by atoms with Crippen LogP contribution < -0.4 is 0 Å². The number of pyridine rings is 1. The molecule has 17 heavy (non-hydrogen) atoms. The van der Waals surface area contributed by atoms with Gasteiger partial charge in [-0.05, 0) is 6.07 Å². The standard InChI is InChI=1S/C10H8ClN3O2S/c1-14-5-6(4-13-14)17-9-8(11)7(10(15)16)2-3-12-9/h2-5H,1H3,(H,15,16). The van der Waals surface area contributed by atoms with Gasteiger partial charge in [0.25, 0.3) is 0 Å². The molecule has 0 fully saturated rings. The molecule has 2 aromatic rings. The van der Waals surface area contributed by atoms with E-state index in [4.69, 9.17) is 16.7 Å². The third-order valence-corrected chi connectivity index (χ3v) is 3.43. The molecule has 0 spiro atoms. The number of hydrogen-bond acceptors (Lipinski definition) is 4. The number of carboxylic acids is 1. The lowest BCUT2D eigenvalue weighted by molar-refractivity contribution is 0.0696. The summed E-state index contributed by atoms with van der Waals surface area (Å²) in [6.45, 7) is 0. The number of hydrogen-bond donors (Lipinski definition) is 1. The highest BCUT2D eigenvalue weighted by atomic mass is 35.5. The van der Waals surface area contributed by atoms with Crippen LogP contribution in [0.25, 0.3) is 0 Å². The number of nitrogens with zero attached hydrogens (tertiary/aromatic N) is 3. The molecule has 0 radical (unpaired) electrons. The Bertz CT molecular complexity index is 570. The Morgan fingerprint density at radius 1 is 1.59 bits per heavy atom. The van der Waals surface area contributed by atoms with Crippen molar-refractivity contribution in [2.45, 2.75) is 9.92 Å². The first kappa shape index (κ1) is 11.9. The van der Waals surface area contributed by atoms with Crippen LogP contribution in [0.2, 0.25) is 5.02 Å². The van der Waals surface area contributed by atoms with Gasteiger partial charge in [-0.25, -0.2) is 9.78 Å². The molecule has 0 aliphatic heterocycles. The number of carbonyl (C=O) groups is 1. The van der Waals surface area contributed by atoms with Gasteiger partial charge in [-0.2, -0.15) is 5.10 Å². The van der Waals surface area contributed by atoms with Crippen molar-refractivity contribution in [1.29, 1.82) is 0 Å². The molecule has 5 nitrogen and oxygen atoms in total. The fourth-order valence-electron chi connectivity index (χ4n) is 1.22. The molecule has 0 amide bonds. The van der Waals surface area contributed by atoms with E-state index in [0.717, 1.165) is 4.90 Å². The topological polar surface area (TPSA) is 68.0 Å². The number of aryl methyl sites for hydroxylation is 1. The van der Waals surface area contributed by atoms with Crippen molar-refractivity contribution in [3.63, 3.8) is 0 Å². The molecular weight excluding hydrogens is 262 g/mol. The molecule has 0 unspecified atom stereocenters. The van der Waals surface area contributed by atoms with Crippen LogP contribution in [0.15, 0.2) is 34.6 Å². The normalized spacial score (nSPS) is 10.5. The van der Waals surface area contributed by atoms with Crippen LogP contribution in [0, 0.1) is 0 Å². The van der Waals surface area contributed by atoms with E-state index >= 15 is 0 Å². The van der Waals surface area contributed by atoms with Crippen LogP contribution in [0.1, 0.15) is 10.4 Å². The summed E-state index contributed by atoms with van der Waals surface area (Å²) >= 11 is 7.25. The van der Waals surface area contributed by atoms with Gasteiger partial charge in [0.1, 0.15) is 5.03 Å². The third-order valence-electron chi connectivity index (χ3n) is 1.98. The van der Waals surface area contributed by atoms with Crippen LogP contribution in [0.3, 0.4) is 0 Å². The molecule has 2 rings (SSSR count). The number of rotatable bonds is 3. The largest absolute Gasteiger partial charge is 0.478 e. The second-order valence-electron chi connectivity index (χ2n) is 3.23. The summed E-state index contributed by atoms with van der Waals surface area (Å²) in [7, 11) is 1.80. The molecule has 0 aliphatic rings. The Balaban J connectivity index is 2.33. The minimum absolute atomic E-state index is 0.0491. The molecule has 7 heteroatoms. The van der Waals surface area contributed by atoms with E-state index in [-0.39, 0.29) is 10.6 Å². The Kier molecular flexibility index (Phi) is 3.35. The smallest absolute Gasteiger partial charge is 0.337 e. The molecule has 0 saturated heterocycles. The van der Waals surface area contributed by atoms with Gasteiger partial charge in [0.15, 0.2) is 0 Å². The second-order valence-corrected chi connectivity index (χ2v) is 4.67. The summed E-state index contributed by atoms with van der Waals surface area (Å²) in [6.07, 6.45) is 4.89. The fourth-order valence-corrected chi connectivity index (χ4v) is 2.37. The summed E-state index contributed by atoms with van der Waals surface area (Å²) in [5.74, 6) is -1.06. The van der Waals surface area contributed by atoms with Crippen molar-refractivity contribution >= 4 is 29.3 Å². The Labute approximate surface area is 106 Å².